The van der Waals surface area contributed by atoms with Crippen LogP contribution in [0.1, 0.15) is 55.9 Å². The second-order valence-corrected chi connectivity index (χ2v) is 10.0. The van der Waals surface area contributed by atoms with Crippen LogP contribution in [0.4, 0.5) is 0 Å². The third kappa shape index (κ3) is 3.15. The molecule has 26 heavy (non-hydrogen) atoms. The van der Waals surface area contributed by atoms with Crippen molar-refractivity contribution < 1.29 is 4.79 Å². The number of aromatic nitrogens is 2. The van der Waals surface area contributed by atoms with Crippen LogP contribution >= 0.6 is 23.1 Å². The molecule has 138 valence electrons. The van der Waals surface area contributed by atoms with Crippen molar-refractivity contribution in [3.63, 3.8) is 0 Å². The van der Waals surface area contributed by atoms with Crippen molar-refractivity contribution in [1.29, 1.82) is 0 Å². The van der Waals surface area contributed by atoms with Crippen LogP contribution < -0.4 is 0 Å². The van der Waals surface area contributed by atoms with Crippen LogP contribution in [0.5, 0.6) is 0 Å². The molecule has 0 radical (unpaired) electrons. The summed E-state index contributed by atoms with van der Waals surface area (Å²) in [6.07, 6.45) is 11.5. The van der Waals surface area contributed by atoms with Gasteiger partial charge in [0.25, 0.3) is 0 Å². The van der Waals surface area contributed by atoms with Crippen molar-refractivity contribution in [3.8, 4) is 0 Å². The zero-order valence-electron chi connectivity index (χ0n) is 15.2. The molecule has 3 aliphatic carbocycles. The first-order valence-corrected chi connectivity index (χ1v) is 11.7. The Morgan fingerprint density at radius 3 is 2.85 bits per heavy atom. The molecule has 2 heterocycles. The highest BCUT2D eigenvalue weighted by Crippen LogP contribution is 2.41. The number of hydrogen-bond acceptors (Lipinski definition) is 5. The lowest BCUT2D eigenvalue weighted by atomic mass is 9.97. The molecule has 2 aromatic heterocycles. The number of rotatable bonds is 6. The van der Waals surface area contributed by atoms with Gasteiger partial charge >= 0.3 is 0 Å². The number of aryl methyl sites for hydroxylation is 2. The summed E-state index contributed by atoms with van der Waals surface area (Å²) in [6, 6.07) is 0.910. The summed E-state index contributed by atoms with van der Waals surface area (Å²) in [7, 11) is 0. The highest BCUT2D eigenvalue weighted by atomic mass is 32.2. The first-order chi connectivity index (χ1) is 12.7. The van der Waals surface area contributed by atoms with Crippen LogP contribution in [-0.2, 0) is 17.6 Å². The van der Waals surface area contributed by atoms with Gasteiger partial charge in [0.1, 0.15) is 16.2 Å². The maximum absolute atomic E-state index is 13.0. The normalized spacial score (nSPS) is 20.8. The van der Waals surface area contributed by atoms with E-state index in [1.54, 1.807) is 18.1 Å². The van der Waals surface area contributed by atoms with E-state index in [1.807, 2.05) is 11.3 Å². The summed E-state index contributed by atoms with van der Waals surface area (Å²) in [6.45, 7) is 2.25. The van der Waals surface area contributed by atoms with Gasteiger partial charge in [0.05, 0.1) is 5.75 Å². The van der Waals surface area contributed by atoms with Crippen molar-refractivity contribution in [3.05, 3.63) is 16.8 Å². The molecular weight excluding hydrogens is 362 g/mol. The van der Waals surface area contributed by atoms with E-state index in [0.717, 1.165) is 22.2 Å². The molecule has 1 unspecified atom stereocenters. The molecule has 2 saturated carbocycles. The van der Waals surface area contributed by atoms with Gasteiger partial charge in [-0.2, -0.15) is 0 Å². The molecule has 0 bridgehead atoms. The Labute approximate surface area is 162 Å². The molecule has 3 aliphatic rings. The predicted octanol–water partition coefficient (Wildman–Crippen LogP) is 4.45. The quantitative estimate of drug-likeness (QED) is 0.543. The van der Waals surface area contributed by atoms with E-state index >= 15 is 0 Å². The van der Waals surface area contributed by atoms with E-state index in [2.05, 4.69) is 21.8 Å². The zero-order chi connectivity index (χ0) is 17.7. The smallest absolute Gasteiger partial charge is 0.233 e. The summed E-state index contributed by atoms with van der Waals surface area (Å²) >= 11 is 3.45. The molecule has 6 heteroatoms. The lowest BCUT2D eigenvalue weighted by Crippen LogP contribution is -2.42. The minimum absolute atomic E-state index is 0.299. The van der Waals surface area contributed by atoms with Gasteiger partial charge in [-0.3, -0.25) is 4.79 Å². The van der Waals surface area contributed by atoms with Gasteiger partial charge in [-0.15, -0.1) is 11.3 Å². The van der Waals surface area contributed by atoms with Gasteiger partial charge in [-0.05, 0) is 69.8 Å². The third-order valence-electron chi connectivity index (χ3n) is 6.02. The molecule has 2 fully saturated rings. The van der Waals surface area contributed by atoms with Crippen molar-refractivity contribution in [2.75, 3.05) is 5.75 Å². The average Bonchev–Trinajstić information content (AvgIpc) is 3.56. The zero-order valence-corrected chi connectivity index (χ0v) is 16.9. The molecule has 5 rings (SSSR count). The van der Waals surface area contributed by atoms with Crippen LogP contribution in [0.3, 0.4) is 0 Å². The first-order valence-electron chi connectivity index (χ1n) is 9.91. The average molecular weight is 388 g/mol. The lowest BCUT2D eigenvalue weighted by Gasteiger charge is -2.29. The minimum Gasteiger partial charge on any atom is -0.336 e. The van der Waals surface area contributed by atoms with Crippen molar-refractivity contribution in [2.45, 2.75) is 75.4 Å². The third-order valence-corrected chi connectivity index (χ3v) is 8.19. The number of carbonyl (C=O) groups is 1. The van der Waals surface area contributed by atoms with Crippen molar-refractivity contribution in [1.82, 2.24) is 14.9 Å². The number of fused-ring (bicyclic) bond motifs is 3. The second kappa shape index (κ2) is 6.79. The molecule has 4 nitrogen and oxygen atoms in total. The van der Waals surface area contributed by atoms with E-state index in [4.69, 9.17) is 0 Å². The van der Waals surface area contributed by atoms with E-state index in [-0.39, 0.29) is 0 Å². The molecular formula is C20H25N3OS2. The monoisotopic (exact) mass is 387 g/mol. The number of hydrogen-bond donors (Lipinski definition) is 0. The SMILES string of the molecule is CC(C1CC1)N(C(=O)CSc1ncnc2sc3c(c12)CCCC3)C1CC1. The molecule has 2 aromatic rings. The number of thioether (sulfide) groups is 1. The van der Waals surface area contributed by atoms with Gasteiger partial charge < -0.3 is 4.90 Å². The first kappa shape index (κ1) is 17.0. The molecule has 0 aromatic carbocycles. The number of carbonyl (C=O) groups excluding carboxylic acids is 1. The van der Waals surface area contributed by atoms with E-state index in [1.165, 1.54) is 60.8 Å². The van der Waals surface area contributed by atoms with Crippen LogP contribution in [0, 0.1) is 5.92 Å². The Bertz CT molecular complexity index is 841. The number of thiophene rings is 1. The summed E-state index contributed by atoms with van der Waals surface area (Å²) in [4.78, 5) is 26.9. The summed E-state index contributed by atoms with van der Waals surface area (Å²) < 4.78 is 0. The second-order valence-electron chi connectivity index (χ2n) is 7.97. The maximum Gasteiger partial charge on any atom is 0.233 e. The highest BCUT2D eigenvalue weighted by molar-refractivity contribution is 8.00. The Morgan fingerprint density at radius 2 is 2.08 bits per heavy atom. The fourth-order valence-corrected chi connectivity index (χ4v) is 6.49. The van der Waals surface area contributed by atoms with Crippen molar-refractivity contribution in [2.24, 2.45) is 5.92 Å². The number of nitrogens with zero attached hydrogens (tertiary/aromatic N) is 3. The van der Waals surface area contributed by atoms with E-state index in [0.29, 0.717) is 23.7 Å². The van der Waals surface area contributed by atoms with Crippen LogP contribution in [0.25, 0.3) is 10.2 Å². The Balaban J connectivity index is 1.36. The Morgan fingerprint density at radius 1 is 1.27 bits per heavy atom. The molecule has 0 spiro atoms. The van der Waals surface area contributed by atoms with Gasteiger partial charge in [0.15, 0.2) is 0 Å². The minimum atomic E-state index is 0.299. The Kier molecular flexibility index (Phi) is 4.44. The summed E-state index contributed by atoms with van der Waals surface area (Å²) in [5.74, 6) is 1.54. The Hall–Kier alpha value is -1.14. The molecule has 0 N–H and O–H groups in total. The molecule has 1 atom stereocenters. The maximum atomic E-state index is 13.0. The summed E-state index contributed by atoms with van der Waals surface area (Å²) in [5, 5.41) is 2.25. The lowest BCUT2D eigenvalue weighted by molar-refractivity contribution is -0.131. The summed E-state index contributed by atoms with van der Waals surface area (Å²) in [5.41, 5.74) is 1.46. The van der Waals surface area contributed by atoms with Gasteiger partial charge in [0.2, 0.25) is 5.91 Å². The van der Waals surface area contributed by atoms with E-state index < -0.39 is 0 Å². The van der Waals surface area contributed by atoms with Crippen LogP contribution in [-0.4, -0.2) is 38.6 Å². The van der Waals surface area contributed by atoms with Gasteiger partial charge in [0, 0.05) is 22.3 Å². The number of amides is 1. The van der Waals surface area contributed by atoms with Gasteiger partial charge in [-0.25, -0.2) is 9.97 Å². The standard InChI is InChI=1S/C20H25N3OS2/c1-12(13-6-7-13)23(14-8-9-14)17(24)10-25-19-18-15-4-2-3-5-16(15)26-20(18)22-11-21-19/h11-14H,2-10H2,1H3. The van der Waals surface area contributed by atoms with Crippen LogP contribution in [0.2, 0.25) is 0 Å². The van der Waals surface area contributed by atoms with Crippen LogP contribution in [0.15, 0.2) is 11.4 Å². The fraction of sp³-hybridized carbons (Fsp3) is 0.650. The van der Waals surface area contributed by atoms with Gasteiger partial charge in [-0.1, -0.05) is 11.8 Å². The van der Waals surface area contributed by atoms with Crippen molar-refractivity contribution >= 4 is 39.2 Å². The molecule has 0 aliphatic heterocycles. The molecule has 1 amide bonds. The fourth-order valence-electron chi connectivity index (χ4n) is 4.30. The predicted molar refractivity (Wildman–Crippen MR) is 107 cm³/mol. The van der Waals surface area contributed by atoms with E-state index in [9.17, 15) is 4.79 Å². The highest BCUT2D eigenvalue weighted by Gasteiger charge is 2.41. The topological polar surface area (TPSA) is 46.1 Å². The largest absolute Gasteiger partial charge is 0.336 e. The molecule has 0 saturated heterocycles.